The molecule has 1 N–H and O–H groups in total. The van der Waals surface area contributed by atoms with E-state index in [0.29, 0.717) is 12.4 Å². The van der Waals surface area contributed by atoms with E-state index in [-0.39, 0.29) is 17.9 Å². The monoisotopic (exact) mass is 254 g/mol. The van der Waals surface area contributed by atoms with E-state index in [4.69, 9.17) is 10.00 Å². The normalized spacial score (nSPS) is 10.8. The summed E-state index contributed by atoms with van der Waals surface area (Å²) in [5.41, 5.74) is 0. The van der Waals surface area contributed by atoms with Crippen molar-refractivity contribution in [2.45, 2.75) is 18.2 Å². The molecule has 0 saturated carbocycles. The van der Waals surface area contributed by atoms with Gasteiger partial charge in [0.15, 0.2) is 0 Å². The lowest BCUT2D eigenvalue weighted by molar-refractivity contribution is 0.340. The minimum Gasteiger partial charge on any atom is -0.494 e. The van der Waals surface area contributed by atoms with Crippen LogP contribution in [-0.4, -0.2) is 21.6 Å². The summed E-state index contributed by atoms with van der Waals surface area (Å²) in [6, 6.07) is 8.01. The fourth-order valence-corrected chi connectivity index (χ4v) is 2.24. The first kappa shape index (κ1) is 13.5. The number of benzene rings is 1. The second-order valence-corrected chi connectivity index (χ2v) is 4.98. The smallest absolute Gasteiger partial charge is 0.240 e. The number of nitrogens with one attached hydrogen (secondary N) is 1. The predicted molar refractivity (Wildman–Crippen MR) is 63.0 cm³/mol. The molecule has 0 spiro atoms. The van der Waals surface area contributed by atoms with Crippen LogP contribution in [0.2, 0.25) is 0 Å². The lowest BCUT2D eigenvalue weighted by Gasteiger charge is -2.06. The molecule has 0 fully saturated rings. The molecule has 0 aliphatic rings. The zero-order valence-electron chi connectivity index (χ0n) is 9.51. The first-order valence-electron chi connectivity index (χ1n) is 5.19. The third-order valence-corrected chi connectivity index (χ3v) is 3.45. The maximum absolute atomic E-state index is 11.7. The standard InChI is InChI=1S/C11H14N2O3S/c1-2-16-10-4-6-11(7-5-10)17(14,15)13-9-3-8-12/h4-7,13H,2-3,9H2,1H3. The highest BCUT2D eigenvalue weighted by Gasteiger charge is 2.12. The third kappa shape index (κ3) is 4.06. The van der Waals surface area contributed by atoms with E-state index in [0.717, 1.165) is 0 Å². The molecular weight excluding hydrogens is 240 g/mol. The van der Waals surface area contributed by atoms with Crippen LogP contribution in [0.3, 0.4) is 0 Å². The van der Waals surface area contributed by atoms with Gasteiger partial charge in [0.2, 0.25) is 10.0 Å². The van der Waals surface area contributed by atoms with Crippen LogP contribution in [0.15, 0.2) is 29.2 Å². The average molecular weight is 254 g/mol. The van der Waals surface area contributed by atoms with Crippen molar-refractivity contribution in [3.05, 3.63) is 24.3 Å². The first-order chi connectivity index (χ1) is 8.10. The van der Waals surface area contributed by atoms with Crippen LogP contribution in [0.1, 0.15) is 13.3 Å². The number of nitrogens with zero attached hydrogens (tertiary/aromatic N) is 1. The van der Waals surface area contributed by atoms with Gasteiger partial charge in [-0.2, -0.15) is 5.26 Å². The van der Waals surface area contributed by atoms with Crippen LogP contribution in [-0.2, 0) is 10.0 Å². The number of rotatable bonds is 6. The van der Waals surface area contributed by atoms with Crippen LogP contribution < -0.4 is 9.46 Å². The molecule has 0 bridgehead atoms. The fraction of sp³-hybridized carbons (Fsp3) is 0.364. The quantitative estimate of drug-likeness (QED) is 0.775. The zero-order chi connectivity index (χ0) is 12.7. The van der Waals surface area contributed by atoms with Crippen molar-refractivity contribution in [2.24, 2.45) is 0 Å². The Hall–Kier alpha value is -1.58. The minimum absolute atomic E-state index is 0.117. The summed E-state index contributed by atoms with van der Waals surface area (Å²) in [6.45, 7) is 2.51. The molecule has 5 nitrogen and oxygen atoms in total. The van der Waals surface area contributed by atoms with Gasteiger partial charge in [-0.1, -0.05) is 0 Å². The van der Waals surface area contributed by atoms with Crippen molar-refractivity contribution < 1.29 is 13.2 Å². The van der Waals surface area contributed by atoms with Crippen molar-refractivity contribution >= 4 is 10.0 Å². The molecule has 0 unspecified atom stereocenters. The third-order valence-electron chi connectivity index (χ3n) is 1.97. The molecule has 92 valence electrons. The Kier molecular flexibility index (Phi) is 4.94. The number of hydrogen-bond acceptors (Lipinski definition) is 4. The molecule has 0 aliphatic heterocycles. The molecule has 17 heavy (non-hydrogen) atoms. The molecule has 6 heteroatoms. The Balaban J connectivity index is 2.75. The average Bonchev–Trinajstić information content (AvgIpc) is 2.30. The van der Waals surface area contributed by atoms with Crippen molar-refractivity contribution in [3.8, 4) is 11.8 Å². The van der Waals surface area contributed by atoms with Crippen molar-refractivity contribution in [3.63, 3.8) is 0 Å². The fourth-order valence-electron chi connectivity index (χ4n) is 1.21. The largest absolute Gasteiger partial charge is 0.494 e. The number of hydrogen-bond donors (Lipinski definition) is 1. The summed E-state index contributed by atoms with van der Waals surface area (Å²) in [5.74, 6) is 0.628. The van der Waals surface area contributed by atoms with Crippen molar-refractivity contribution in [1.29, 1.82) is 5.26 Å². The molecular formula is C11H14N2O3S. The van der Waals surface area contributed by atoms with E-state index in [9.17, 15) is 8.42 Å². The van der Waals surface area contributed by atoms with E-state index < -0.39 is 10.0 Å². The molecule has 0 atom stereocenters. The first-order valence-corrected chi connectivity index (χ1v) is 6.68. The number of sulfonamides is 1. The van der Waals surface area contributed by atoms with E-state index in [1.807, 2.05) is 13.0 Å². The molecule has 1 aromatic rings. The molecule has 0 saturated heterocycles. The Morgan fingerprint density at radius 3 is 2.53 bits per heavy atom. The Morgan fingerprint density at radius 2 is 2.00 bits per heavy atom. The minimum atomic E-state index is -3.52. The second kappa shape index (κ2) is 6.23. The highest BCUT2D eigenvalue weighted by Crippen LogP contribution is 2.15. The van der Waals surface area contributed by atoms with Gasteiger partial charge in [0.25, 0.3) is 0 Å². The summed E-state index contributed by atoms with van der Waals surface area (Å²) in [6.07, 6.45) is 0.149. The Bertz CT molecular complexity index is 488. The van der Waals surface area contributed by atoms with Gasteiger partial charge in [-0.05, 0) is 31.2 Å². The van der Waals surface area contributed by atoms with Crippen LogP contribution in [0.25, 0.3) is 0 Å². The second-order valence-electron chi connectivity index (χ2n) is 3.21. The maximum atomic E-state index is 11.7. The van der Waals surface area contributed by atoms with Gasteiger partial charge in [0.1, 0.15) is 5.75 Å². The van der Waals surface area contributed by atoms with Gasteiger partial charge in [0.05, 0.1) is 17.6 Å². The molecule has 0 radical (unpaired) electrons. The number of nitriles is 1. The van der Waals surface area contributed by atoms with Crippen LogP contribution in [0.5, 0.6) is 5.75 Å². The highest BCUT2D eigenvalue weighted by molar-refractivity contribution is 7.89. The van der Waals surface area contributed by atoms with Gasteiger partial charge in [0, 0.05) is 13.0 Å². The van der Waals surface area contributed by atoms with E-state index >= 15 is 0 Å². The summed E-state index contributed by atoms with van der Waals surface area (Å²) < 4.78 is 31.0. The van der Waals surface area contributed by atoms with Crippen molar-refractivity contribution in [1.82, 2.24) is 4.72 Å². The van der Waals surface area contributed by atoms with E-state index in [2.05, 4.69) is 4.72 Å². The lowest BCUT2D eigenvalue weighted by Crippen LogP contribution is -2.24. The van der Waals surface area contributed by atoms with E-state index in [1.54, 1.807) is 12.1 Å². The van der Waals surface area contributed by atoms with Gasteiger partial charge in [-0.3, -0.25) is 0 Å². The summed E-state index contributed by atoms with van der Waals surface area (Å²) >= 11 is 0. The molecule has 1 aromatic carbocycles. The lowest BCUT2D eigenvalue weighted by atomic mass is 10.3. The summed E-state index contributed by atoms with van der Waals surface area (Å²) in [5, 5.41) is 8.33. The molecule has 0 heterocycles. The topological polar surface area (TPSA) is 79.2 Å². The number of ether oxygens (including phenoxy) is 1. The zero-order valence-corrected chi connectivity index (χ0v) is 10.3. The van der Waals surface area contributed by atoms with Gasteiger partial charge in [-0.25, -0.2) is 13.1 Å². The summed E-state index contributed by atoms with van der Waals surface area (Å²) in [4.78, 5) is 0.166. The maximum Gasteiger partial charge on any atom is 0.240 e. The molecule has 0 aliphatic carbocycles. The predicted octanol–water partition coefficient (Wildman–Crippen LogP) is 1.28. The van der Waals surface area contributed by atoms with Crippen molar-refractivity contribution in [2.75, 3.05) is 13.2 Å². The molecule has 0 amide bonds. The summed E-state index contributed by atoms with van der Waals surface area (Å²) in [7, 11) is -3.52. The molecule has 1 rings (SSSR count). The van der Waals surface area contributed by atoms with Crippen LogP contribution in [0.4, 0.5) is 0 Å². The Labute approximate surface area is 101 Å². The highest BCUT2D eigenvalue weighted by atomic mass is 32.2. The van der Waals surface area contributed by atoms with E-state index in [1.165, 1.54) is 12.1 Å². The van der Waals surface area contributed by atoms with Crippen LogP contribution >= 0.6 is 0 Å². The Morgan fingerprint density at radius 1 is 1.35 bits per heavy atom. The van der Waals surface area contributed by atoms with Crippen LogP contribution in [0, 0.1) is 11.3 Å². The van der Waals surface area contributed by atoms with Gasteiger partial charge in [-0.15, -0.1) is 0 Å². The SMILES string of the molecule is CCOc1ccc(S(=O)(=O)NCCC#N)cc1. The molecule has 0 aromatic heterocycles. The van der Waals surface area contributed by atoms with Gasteiger partial charge >= 0.3 is 0 Å². The van der Waals surface area contributed by atoms with Gasteiger partial charge < -0.3 is 4.74 Å².